The quantitative estimate of drug-likeness (QED) is 0.462. The normalized spacial score (nSPS) is 15.7. The second kappa shape index (κ2) is 9.60. The van der Waals surface area contributed by atoms with Crippen LogP contribution in [-0.4, -0.2) is 53.4 Å². The highest BCUT2D eigenvalue weighted by molar-refractivity contribution is 8.18. The number of rotatable bonds is 8. The van der Waals surface area contributed by atoms with Crippen molar-refractivity contribution < 1.29 is 42.9 Å². The van der Waals surface area contributed by atoms with E-state index in [4.69, 9.17) is 19.0 Å². The predicted octanol–water partition coefficient (Wildman–Crippen LogP) is 3.16. The lowest BCUT2D eigenvalue weighted by molar-refractivity contribution is -0.148. The van der Waals surface area contributed by atoms with Crippen LogP contribution in [0.15, 0.2) is 39.7 Å². The van der Waals surface area contributed by atoms with Crippen LogP contribution in [0, 0.1) is 0 Å². The highest BCUT2D eigenvalue weighted by Gasteiger charge is 2.41. The van der Waals surface area contributed by atoms with E-state index in [0.29, 0.717) is 22.8 Å². The summed E-state index contributed by atoms with van der Waals surface area (Å²) in [6.45, 7) is 1.39. The number of ether oxygens (including phenoxy) is 3. The number of hydrogen-bond donors (Lipinski definition) is 1. The Morgan fingerprint density at radius 3 is 2.56 bits per heavy atom. The first-order valence-corrected chi connectivity index (χ1v) is 10.0. The number of carboxylic acid groups (broad SMARTS) is 1. The van der Waals surface area contributed by atoms with Gasteiger partial charge in [0.1, 0.15) is 18.4 Å². The second-order valence-electron chi connectivity index (χ2n) is 6.52. The summed E-state index contributed by atoms with van der Waals surface area (Å²) in [5, 5.41) is 8.34. The lowest BCUT2D eigenvalue weighted by atomic mass is 10.1. The highest BCUT2D eigenvalue weighted by atomic mass is 32.2. The fourth-order valence-corrected chi connectivity index (χ4v) is 3.76. The van der Waals surface area contributed by atoms with E-state index >= 15 is 0 Å². The minimum Gasteiger partial charge on any atom is -0.493 e. The minimum atomic E-state index is -1.18. The van der Waals surface area contributed by atoms with Gasteiger partial charge in [-0.25, -0.2) is 9.59 Å². The molecule has 1 N–H and O–H groups in total. The third-order valence-corrected chi connectivity index (χ3v) is 5.36. The van der Waals surface area contributed by atoms with Gasteiger partial charge in [0.2, 0.25) is 5.76 Å². The van der Waals surface area contributed by atoms with Crippen molar-refractivity contribution in [3.8, 4) is 11.5 Å². The molecule has 1 aromatic carbocycles. The molecule has 32 heavy (non-hydrogen) atoms. The van der Waals surface area contributed by atoms with Gasteiger partial charge in [-0.15, -0.1) is 0 Å². The molecule has 1 atom stereocenters. The zero-order chi connectivity index (χ0) is 23.4. The number of nitrogens with zero attached hydrogens (tertiary/aromatic N) is 1. The number of furan rings is 1. The van der Waals surface area contributed by atoms with Gasteiger partial charge in [0.25, 0.3) is 11.1 Å². The van der Waals surface area contributed by atoms with Crippen LogP contribution < -0.4 is 9.47 Å². The number of amides is 2. The molecule has 2 amide bonds. The van der Waals surface area contributed by atoms with E-state index in [0.717, 1.165) is 16.7 Å². The molecule has 0 radical (unpaired) electrons. The molecule has 2 heterocycles. The molecule has 0 spiro atoms. The molecule has 0 bridgehead atoms. The summed E-state index contributed by atoms with van der Waals surface area (Å²) < 4.78 is 20.7. The van der Waals surface area contributed by atoms with Gasteiger partial charge in [0, 0.05) is 0 Å². The van der Waals surface area contributed by atoms with Crippen LogP contribution in [0.4, 0.5) is 4.79 Å². The number of hydrogen-bond acceptors (Lipinski definition) is 9. The number of esters is 1. The molecular formula is C21H19NO9S. The third-order valence-electron chi connectivity index (χ3n) is 4.48. The van der Waals surface area contributed by atoms with Gasteiger partial charge >= 0.3 is 11.9 Å². The SMILES string of the molecule is COC(=O)[C@H](C)N1C(=O)S/C(=C/c2ccc(OCc3ccc(C(=O)O)o3)c(OC)c2)C1=O. The average molecular weight is 461 g/mol. The predicted molar refractivity (Wildman–Crippen MR) is 112 cm³/mol. The summed E-state index contributed by atoms with van der Waals surface area (Å²) in [6, 6.07) is 6.66. The van der Waals surface area contributed by atoms with Crippen LogP contribution in [0.2, 0.25) is 0 Å². The molecule has 0 aliphatic carbocycles. The van der Waals surface area contributed by atoms with Gasteiger partial charge in [0.15, 0.2) is 11.5 Å². The summed E-state index contributed by atoms with van der Waals surface area (Å²) in [6.07, 6.45) is 1.51. The van der Waals surface area contributed by atoms with Crippen molar-refractivity contribution in [1.29, 1.82) is 0 Å². The van der Waals surface area contributed by atoms with Crippen LogP contribution in [0.3, 0.4) is 0 Å². The Bertz CT molecular complexity index is 1100. The van der Waals surface area contributed by atoms with E-state index in [1.54, 1.807) is 18.2 Å². The molecule has 3 rings (SSSR count). The van der Waals surface area contributed by atoms with Gasteiger partial charge in [-0.3, -0.25) is 14.5 Å². The van der Waals surface area contributed by atoms with Crippen molar-refractivity contribution in [1.82, 2.24) is 4.90 Å². The Morgan fingerprint density at radius 2 is 1.94 bits per heavy atom. The zero-order valence-electron chi connectivity index (χ0n) is 17.3. The van der Waals surface area contributed by atoms with Crippen LogP contribution in [-0.2, 0) is 20.9 Å². The van der Waals surface area contributed by atoms with Crippen LogP contribution >= 0.6 is 11.8 Å². The second-order valence-corrected chi connectivity index (χ2v) is 7.51. The third kappa shape index (κ3) is 4.78. The van der Waals surface area contributed by atoms with Crippen LogP contribution in [0.1, 0.15) is 28.8 Å². The first-order valence-electron chi connectivity index (χ1n) is 9.23. The first-order chi connectivity index (χ1) is 15.2. The first kappa shape index (κ1) is 22.9. The molecule has 1 fully saturated rings. The van der Waals surface area contributed by atoms with Crippen molar-refractivity contribution >= 4 is 40.9 Å². The summed E-state index contributed by atoms with van der Waals surface area (Å²) in [4.78, 5) is 48.4. The molecule has 11 heteroatoms. The highest BCUT2D eigenvalue weighted by Crippen LogP contribution is 2.35. The molecule has 1 aliphatic heterocycles. The lowest BCUT2D eigenvalue weighted by Crippen LogP contribution is -2.42. The van der Waals surface area contributed by atoms with Gasteiger partial charge in [-0.05, 0) is 54.6 Å². The maximum Gasteiger partial charge on any atom is 0.371 e. The largest absolute Gasteiger partial charge is 0.493 e. The monoisotopic (exact) mass is 461 g/mol. The van der Waals surface area contributed by atoms with Crippen molar-refractivity contribution in [2.24, 2.45) is 0 Å². The fraction of sp³-hybridized carbons (Fsp3) is 0.238. The van der Waals surface area contributed by atoms with E-state index in [1.165, 1.54) is 39.4 Å². The van der Waals surface area contributed by atoms with Crippen LogP contribution in [0.5, 0.6) is 11.5 Å². The Balaban J connectivity index is 1.76. The number of methoxy groups -OCH3 is 2. The Kier molecular flexibility index (Phi) is 6.89. The molecule has 1 aromatic heterocycles. The van der Waals surface area contributed by atoms with Crippen molar-refractivity contribution in [3.05, 3.63) is 52.3 Å². The van der Waals surface area contributed by atoms with E-state index in [1.807, 2.05) is 0 Å². The molecule has 1 aliphatic rings. The minimum absolute atomic E-state index is 0.0205. The Hall–Kier alpha value is -3.73. The number of aromatic carboxylic acids is 1. The maximum absolute atomic E-state index is 12.6. The average Bonchev–Trinajstić information content (AvgIpc) is 3.36. The zero-order valence-corrected chi connectivity index (χ0v) is 18.1. The van der Waals surface area contributed by atoms with Crippen molar-refractivity contribution in [2.45, 2.75) is 19.6 Å². The van der Waals surface area contributed by atoms with Gasteiger partial charge < -0.3 is 23.7 Å². The lowest BCUT2D eigenvalue weighted by Gasteiger charge is -2.18. The number of benzene rings is 1. The summed E-state index contributed by atoms with van der Waals surface area (Å²) in [5.41, 5.74) is 0.566. The van der Waals surface area contributed by atoms with Crippen LogP contribution in [0.25, 0.3) is 6.08 Å². The number of carbonyl (C=O) groups is 4. The number of carbonyl (C=O) groups excluding carboxylic acids is 3. The Morgan fingerprint density at radius 1 is 1.19 bits per heavy atom. The fourth-order valence-electron chi connectivity index (χ4n) is 2.85. The van der Waals surface area contributed by atoms with Crippen molar-refractivity contribution in [2.75, 3.05) is 14.2 Å². The molecule has 1 saturated heterocycles. The summed E-state index contributed by atoms with van der Waals surface area (Å²) in [7, 11) is 2.62. The standard InChI is InChI=1S/C21H19NO9S/c1-11(20(26)29-3)22-18(23)17(32-21(22)27)9-12-4-6-14(16(8-12)28-2)30-10-13-5-7-15(31-13)19(24)25/h4-9,11H,10H2,1-3H3,(H,24,25)/b17-9+/t11-/m0/s1. The van der Waals surface area contributed by atoms with E-state index in [2.05, 4.69) is 4.74 Å². The van der Waals surface area contributed by atoms with Crippen molar-refractivity contribution in [3.63, 3.8) is 0 Å². The van der Waals surface area contributed by atoms with Gasteiger partial charge in [0.05, 0.1) is 19.1 Å². The summed E-state index contributed by atoms with van der Waals surface area (Å²) in [5.74, 6) is -1.61. The molecule has 0 saturated carbocycles. The smallest absolute Gasteiger partial charge is 0.371 e. The topological polar surface area (TPSA) is 133 Å². The molecule has 10 nitrogen and oxygen atoms in total. The number of thioether (sulfide) groups is 1. The summed E-state index contributed by atoms with van der Waals surface area (Å²) >= 11 is 0.721. The molecular weight excluding hydrogens is 442 g/mol. The van der Waals surface area contributed by atoms with E-state index < -0.39 is 29.1 Å². The number of carboxylic acids is 1. The molecule has 0 unspecified atom stereocenters. The molecule has 2 aromatic rings. The maximum atomic E-state index is 12.6. The molecule has 168 valence electrons. The van der Waals surface area contributed by atoms with Gasteiger partial charge in [-0.1, -0.05) is 6.07 Å². The van der Waals surface area contributed by atoms with E-state index in [9.17, 15) is 19.2 Å². The Labute approximate surface area is 186 Å². The number of imide groups is 1. The van der Waals surface area contributed by atoms with Gasteiger partial charge in [-0.2, -0.15) is 0 Å². The van der Waals surface area contributed by atoms with E-state index in [-0.39, 0.29) is 17.3 Å².